The predicted molar refractivity (Wildman–Crippen MR) is 191 cm³/mol. The molecule has 6 heteroatoms. The summed E-state index contributed by atoms with van der Waals surface area (Å²) in [6, 6.07) is 22.3. The number of phenolic OH excluding ortho intramolecular Hbond substituents is 1. The third kappa shape index (κ3) is 5.07. The van der Waals surface area contributed by atoms with Crippen LogP contribution < -0.4 is 14.5 Å². The zero-order chi connectivity index (χ0) is 32.6. The second kappa shape index (κ2) is 11.2. The van der Waals surface area contributed by atoms with Crippen molar-refractivity contribution in [2.75, 3.05) is 69.5 Å². The Morgan fingerprint density at radius 3 is 2.00 bits per heavy atom. The summed E-state index contributed by atoms with van der Waals surface area (Å²) in [5.74, 6) is 1.19. The molecular formula is C41H48N2O4. The van der Waals surface area contributed by atoms with E-state index in [1.165, 1.54) is 28.7 Å². The molecule has 246 valence electrons. The van der Waals surface area contributed by atoms with Crippen LogP contribution in [0.15, 0.2) is 60.7 Å². The number of phenols is 1. The van der Waals surface area contributed by atoms with Gasteiger partial charge in [-0.05, 0) is 88.1 Å². The van der Waals surface area contributed by atoms with E-state index >= 15 is 0 Å². The van der Waals surface area contributed by atoms with E-state index in [0.29, 0.717) is 19.0 Å². The van der Waals surface area contributed by atoms with Crippen LogP contribution >= 0.6 is 0 Å². The average molecular weight is 633 g/mol. The van der Waals surface area contributed by atoms with Crippen molar-refractivity contribution < 1.29 is 19.3 Å². The van der Waals surface area contributed by atoms with Crippen molar-refractivity contribution in [3.63, 3.8) is 0 Å². The standard InChI is InChI=1S/C41H48N2O4/c1-39(2)24-40(3,4)26-41(25-39)33-9-7-6-8-29(33)38-32-22-35(43-14-18-47-19-15-43)30(21-31(32)36(44)23-34(38)41)28-11-10-27(20-37(28)45-5)42-12-16-46-17-13-42/h6-11,20-23,44H,12-19,24-26H2,1-5H3. The molecule has 6 nitrogen and oxygen atoms in total. The average Bonchev–Trinajstić information content (AvgIpc) is 3.31. The second-order valence-corrected chi connectivity index (χ2v) is 15.8. The van der Waals surface area contributed by atoms with E-state index < -0.39 is 0 Å². The van der Waals surface area contributed by atoms with E-state index in [1.807, 2.05) is 0 Å². The third-order valence-electron chi connectivity index (χ3n) is 11.2. The highest BCUT2D eigenvalue weighted by Crippen LogP contribution is 2.65. The van der Waals surface area contributed by atoms with Gasteiger partial charge in [-0.25, -0.2) is 0 Å². The molecule has 47 heavy (non-hydrogen) atoms. The monoisotopic (exact) mass is 632 g/mol. The van der Waals surface area contributed by atoms with E-state index in [1.54, 1.807) is 7.11 Å². The van der Waals surface area contributed by atoms with Crippen LogP contribution in [0.2, 0.25) is 0 Å². The van der Waals surface area contributed by atoms with Gasteiger partial charge < -0.3 is 29.1 Å². The molecule has 2 aliphatic heterocycles. The maximum absolute atomic E-state index is 12.0. The topological polar surface area (TPSA) is 54.4 Å². The van der Waals surface area contributed by atoms with Crippen molar-refractivity contribution in [3.05, 3.63) is 71.8 Å². The Hall–Kier alpha value is -3.74. The molecule has 4 aliphatic rings. The molecule has 4 aromatic rings. The van der Waals surface area contributed by atoms with Gasteiger partial charge in [-0.15, -0.1) is 0 Å². The Labute approximate surface area is 279 Å². The van der Waals surface area contributed by atoms with Crippen LogP contribution in [0.5, 0.6) is 11.5 Å². The smallest absolute Gasteiger partial charge is 0.128 e. The first kappa shape index (κ1) is 30.6. The number of aromatic hydroxyl groups is 1. The maximum atomic E-state index is 12.0. The number of ether oxygens (including phenoxy) is 3. The summed E-state index contributed by atoms with van der Waals surface area (Å²) in [5, 5.41) is 14.0. The Bertz CT molecular complexity index is 1830. The highest BCUT2D eigenvalue weighted by Gasteiger charge is 2.53. The minimum Gasteiger partial charge on any atom is -0.507 e. The summed E-state index contributed by atoms with van der Waals surface area (Å²) in [6.45, 7) is 15.9. The molecule has 0 aromatic heterocycles. The zero-order valence-corrected chi connectivity index (χ0v) is 28.6. The molecule has 1 N–H and O–H groups in total. The van der Waals surface area contributed by atoms with Crippen LogP contribution in [0.25, 0.3) is 33.0 Å². The summed E-state index contributed by atoms with van der Waals surface area (Å²) in [5.41, 5.74) is 9.92. The normalized spacial score (nSPS) is 21.1. The van der Waals surface area contributed by atoms with Crippen molar-refractivity contribution in [2.24, 2.45) is 10.8 Å². The number of rotatable bonds is 4. The molecule has 1 spiro atoms. The Kier molecular flexibility index (Phi) is 7.27. The lowest BCUT2D eigenvalue weighted by Crippen LogP contribution is -2.43. The summed E-state index contributed by atoms with van der Waals surface area (Å²) >= 11 is 0. The number of fused-ring (bicyclic) bond motifs is 7. The number of benzene rings is 4. The number of methoxy groups -OCH3 is 1. The van der Waals surface area contributed by atoms with E-state index in [4.69, 9.17) is 14.2 Å². The number of morpholine rings is 2. The first-order chi connectivity index (χ1) is 22.6. The van der Waals surface area contributed by atoms with Crippen LogP contribution in [-0.2, 0) is 14.9 Å². The highest BCUT2D eigenvalue weighted by atomic mass is 16.5. The van der Waals surface area contributed by atoms with Crippen molar-refractivity contribution in [3.8, 4) is 33.8 Å². The first-order valence-corrected chi connectivity index (χ1v) is 17.4. The molecule has 1 saturated carbocycles. The van der Waals surface area contributed by atoms with E-state index in [-0.39, 0.29) is 16.2 Å². The molecule has 2 saturated heterocycles. The second-order valence-electron chi connectivity index (χ2n) is 15.8. The Morgan fingerprint density at radius 2 is 1.32 bits per heavy atom. The van der Waals surface area contributed by atoms with Gasteiger partial charge in [0.15, 0.2) is 0 Å². The molecule has 4 aromatic carbocycles. The fourth-order valence-electron chi connectivity index (χ4n) is 10.1. The minimum atomic E-state index is -0.140. The summed E-state index contributed by atoms with van der Waals surface area (Å²) in [4.78, 5) is 4.81. The number of nitrogens with zero attached hydrogens (tertiary/aromatic N) is 2. The largest absolute Gasteiger partial charge is 0.507 e. The number of hydrogen-bond donors (Lipinski definition) is 1. The zero-order valence-electron chi connectivity index (χ0n) is 28.6. The van der Waals surface area contributed by atoms with Gasteiger partial charge in [-0.2, -0.15) is 0 Å². The molecule has 2 aliphatic carbocycles. The van der Waals surface area contributed by atoms with E-state index in [2.05, 4.69) is 98.2 Å². The number of anilines is 2. The van der Waals surface area contributed by atoms with Crippen LogP contribution in [0.4, 0.5) is 11.4 Å². The minimum absolute atomic E-state index is 0.140. The van der Waals surface area contributed by atoms with Crippen LogP contribution in [0.3, 0.4) is 0 Å². The lowest BCUT2D eigenvalue weighted by molar-refractivity contribution is 0.0645. The maximum Gasteiger partial charge on any atom is 0.128 e. The molecule has 2 heterocycles. The van der Waals surface area contributed by atoms with Crippen molar-refractivity contribution >= 4 is 22.1 Å². The number of hydrogen-bond acceptors (Lipinski definition) is 6. The van der Waals surface area contributed by atoms with Gasteiger partial charge in [0, 0.05) is 65.5 Å². The van der Waals surface area contributed by atoms with Crippen molar-refractivity contribution in [1.82, 2.24) is 0 Å². The summed E-state index contributed by atoms with van der Waals surface area (Å²) in [7, 11) is 1.76. The van der Waals surface area contributed by atoms with E-state index in [0.717, 1.165) is 91.3 Å². The molecule has 0 bridgehead atoms. The van der Waals surface area contributed by atoms with Gasteiger partial charge in [0.2, 0.25) is 0 Å². The van der Waals surface area contributed by atoms with Crippen LogP contribution in [0, 0.1) is 10.8 Å². The van der Waals surface area contributed by atoms with E-state index in [9.17, 15) is 5.11 Å². The lowest BCUT2D eigenvalue weighted by Gasteiger charge is -2.51. The van der Waals surface area contributed by atoms with Crippen LogP contribution in [0.1, 0.15) is 58.1 Å². The summed E-state index contributed by atoms with van der Waals surface area (Å²) < 4.78 is 17.5. The Morgan fingerprint density at radius 1 is 0.660 bits per heavy atom. The summed E-state index contributed by atoms with van der Waals surface area (Å²) in [6.07, 6.45) is 3.33. The van der Waals surface area contributed by atoms with Gasteiger partial charge in [0.05, 0.1) is 33.5 Å². The fourth-order valence-corrected chi connectivity index (χ4v) is 10.1. The molecule has 0 atom stereocenters. The van der Waals surface area contributed by atoms with Gasteiger partial charge in [0.25, 0.3) is 0 Å². The Balaban J connectivity index is 1.37. The third-order valence-corrected chi connectivity index (χ3v) is 11.2. The van der Waals surface area contributed by atoms with Crippen LogP contribution in [-0.4, -0.2) is 64.8 Å². The quantitative estimate of drug-likeness (QED) is 0.244. The fraction of sp³-hybridized carbons (Fsp3) is 0.463. The van der Waals surface area contributed by atoms with Crippen molar-refractivity contribution in [2.45, 2.75) is 52.4 Å². The van der Waals surface area contributed by atoms with Gasteiger partial charge in [0.1, 0.15) is 11.5 Å². The molecule has 3 fully saturated rings. The molecular weight excluding hydrogens is 584 g/mol. The van der Waals surface area contributed by atoms with Gasteiger partial charge >= 0.3 is 0 Å². The molecule has 0 amide bonds. The first-order valence-electron chi connectivity index (χ1n) is 17.4. The molecule has 0 unspecified atom stereocenters. The van der Waals surface area contributed by atoms with Crippen molar-refractivity contribution in [1.29, 1.82) is 0 Å². The van der Waals surface area contributed by atoms with Gasteiger partial charge in [-0.3, -0.25) is 0 Å². The highest BCUT2D eigenvalue weighted by molar-refractivity contribution is 6.09. The predicted octanol–water partition coefficient (Wildman–Crippen LogP) is 8.40. The SMILES string of the molecule is COc1cc(N2CCOCC2)ccc1-c1cc2c(O)cc3c(c2cc1N1CCOCC1)-c1ccccc1C31CC(C)(C)CC(C)(C)C1. The van der Waals surface area contributed by atoms with Gasteiger partial charge in [-0.1, -0.05) is 52.0 Å². The molecule has 8 rings (SSSR count). The molecule has 0 radical (unpaired) electrons. The lowest BCUT2D eigenvalue weighted by atomic mass is 9.52.